The van der Waals surface area contributed by atoms with Gasteiger partial charge in [0.1, 0.15) is 11.6 Å². The van der Waals surface area contributed by atoms with Crippen LogP contribution in [-0.4, -0.2) is 68.3 Å². The quantitative estimate of drug-likeness (QED) is 0.827. The van der Waals surface area contributed by atoms with Crippen LogP contribution in [0.3, 0.4) is 0 Å². The van der Waals surface area contributed by atoms with Gasteiger partial charge in [0.2, 0.25) is 0 Å². The van der Waals surface area contributed by atoms with Gasteiger partial charge in [0.05, 0.1) is 13.2 Å². The number of halogens is 1. The number of carbonyl (C=O) groups excluding carboxylic acids is 1. The number of amides is 1. The van der Waals surface area contributed by atoms with Crippen molar-refractivity contribution in [2.75, 3.05) is 62.3 Å². The van der Waals surface area contributed by atoms with Crippen LogP contribution in [0.25, 0.3) is 0 Å². The van der Waals surface area contributed by atoms with E-state index in [2.05, 4.69) is 14.8 Å². The number of benzene rings is 1. The summed E-state index contributed by atoms with van der Waals surface area (Å²) in [7, 11) is 0. The van der Waals surface area contributed by atoms with Gasteiger partial charge in [-0.3, -0.25) is 4.79 Å². The van der Waals surface area contributed by atoms with Gasteiger partial charge in [0.15, 0.2) is 0 Å². The van der Waals surface area contributed by atoms with E-state index in [1.807, 2.05) is 23.1 Å². The third-order valence-corrected chi connectivity index (χ3v) is 5.09. The zero-order valence-electron chi connectivity index (χ0n) is 15.2. The number of morpholine rings is 1. The van der Waals surface area contributed by atoms with Crippen molar-refractivity contribution >= 4 is 17.4 Å². The first-order valence-corrected chi connectivity index (χ1v) is 9.29. The summed E-state index contributed by atoms with van der Waals surface area (Å²) in [5.74, 6) is 0.642. The van der Waals surface area contributed by atoms with E-state index in [1.165, 1.54) is 12.1 Å². The van der Waals surface area contributed by atoms with E-state index < -0.39 is 0 Å². The highest BCUT2D eigenvalue weighted by Crippen LogP contribution is 2.21. The molecular formula is C20H23FN4O2. The van der Waals surface area contributed by atoms with Crippen LogP contribution in [0.5, 0.6) is 0 Å². The normalized spacial score (nSPS) is 17.9. The molecule has 1 amide bonds. The Morgan fingerprint density at radius 1 is 0.926 bits per heavy atom. The molecule has 3 heterocycles. The van der Waals surface area contributed by atoms with Crippen LogP contribution in [0.2, 0.25) is 0 Å². The smallest absolute Gasteiger partial charge is 0.254 e. The topological polar surface area (TPSA) is 48.9 Å². The maximum Gasteiger partial charge on any atom is 0.254 e. The summed E-state index contributed by atoms with van der Waals surface area (Å²) in [5, 5.41) is 0. The fourth-order valence-corrected chi connectivity index (χ4v) is 3.52. The Morgan fingerprint density at radius 3 is 2.30 bits per heavy atom. The van der Waals surface area contributed by atoms with Gasteiger partial charge in [-0.1, -0.05) is 0 Å². The molecule has 0 unspecified atom stereocenters. The average molecular weight is 370 g/mol. The molecule has 2 aromatic rings. The van der Waals surface area contributed by atoms with Crippen molar-refractivity contribution in [3.63, 3.8) is 0 Å². The summed E-state index contributed by atoms with van der Waals surface area (Å²) in [6.45, 7) is 5.72. The molecule has 0 bridgehead atoms. The lowest BCUT2D eigenvalue weighted by atomic mass is 10.2. The summed E-state index contributed by atoms with van der Waals surface area (Å²) in [6.07, 6.45) is 1.70. The monoisotopic (exact) mass is 370 g/mol. The minimum absolute atomic E-state index is 0.0342. The number of ether oxygens (including phenoxy) is 1. The molecule has 7 heteroatoms. The molecule has 1 aromatic carbocycles. The van der Waals surface area contributed by atoms with Crippen LogP contribution >= 0.6 is 0 Å². The molecule has 2 fully saturated rings. The van der Waals surface area contributed by atoms with Gasteiger partial charge < -0.3 is 19.4 Å². The number of nitrogens with zero attached hydrogens (tertiary/aromatic N) is 4. The Morgan fingerprint density at radius 2 is 1.59 bits per heavy atom. The number of piperazine rings is 1. The van der Waals surface area contributed by atoms with E-state index in [9.17, 15) is 9.18 Å². The van der Waals surface area contributed by atoms with E-state index in [0.717, 1.165) is 37.7 Å². The predicted octanol–water partition coefficient (Wildman–Crippen LogP) is 2.02. The van der Waals surface area contributed by atoms with Gasteiger partial charge in [-0.25, -0.2) is 9.37 Å². The summed E-state index contributed by atoms with van der Waals surface area (Å²) in [4.78, 5) is 23.4. The van der Waals surface area contributed by atoms with Crippen LogP contribution in [-0.2, 0) is 4.74 Å². The lowest BCUT2D eigenvalue weighted by Crippen LogP contribution is -2.47. The Labute approximate surface area is 158 Å². The van der Waals surface area contributed by atoms with Crippen LogP contribution in [0, 0.1) is 5.82 Å². The minimum atomic E-state index is -0.219. The molecule has 6 nitrogen and oxygen atoms in total. The number of pyridine rings is 1. The fraction of sp³-hybridized carbons (Fsp3) is 0.400. The van der Waals surface area contributed by atoms with E-state index in [0.29, 0.717) is 31.9 Å². The molecule has 1 aromatic heterocycles. The molecule has 2 saturated heterocycles. The summed E-state index contributed by atoms with van der Waals surface area (Å²) in [5.41, 5.74) is 1.70. The SMILES string of the molecule is O=C(c1ccnc(N2CCN(c3ccc(F)cc3)CC2)c1)N1CCOCC1. The second kappa shape index (κ2) is 7.92. The second-order valence-electron chi connectivity index (χ2n) is 6.76. The number of hydrogen-bond acceptors (Lipinski definition) is 5. The van der Waals surface area contributed by atoms with Crippen molar-refractivity contribution in [1.82, 2.24) is 9.88 Å². The molecule has 0 spiro atoms. The second-order valence-corrected chi connectivity index (χ2v) is 6.76. The molecule has 0 saturated carbocycles. The maximum atomic E-state index is 13.1. The summed E-state index contributed by atoms with van der Waals surface area (Å²) < 4.78 is 18.4. The highest BCUT2D eigenvalue weighted by molar-refractivity contribution is 5.95. The highest BCUT2D eigenvalue weighted by atomic mass is 19.1. The molecule has 2 aliphatic rings. The summed E-state index contributed by atoms with van der Waals surface area (Å²) in [6, 6.07) is 10.3. The zero-order valence-corrected chi connectivity index (χ0v) is 15.2. The van der Waals surface area contributed by atoms with Crippen molar-refractivity contribution in [2.24, 2.45) is 0 Å². The molecular weight excluding hydrogens is 347 g/mol. The Hall–Kier alpha value is -2.67. The van der Waals surface area contributed by atoms with Crippen LogP contribution in [0.1, 0.15) is 10.4 Å². The van der Waals surface area contributed by atoms with Gasteiger partial charge in [-0.2, -0.15) is 0 Å². The third kappa shape index (κ3) is 4.03. The van der Waals surface area contributed by atoms with Crippen LogP contribution in [0.4, 0.5) is 15.9 Å². The van der Waals surface area contributed by atoms with E-state index in [-0.39, 0.29) is 11.7 Å². The van der Waals surface area contributed by atoms with E-state index >= 15 is 0 Å². The summed E-state index contributed by atoms with van der Waals surface area (Å²) >= 11 is 0. The van der Waals surface area contributed by atoms with E-state index in [4.69, 9.17) is 4.74 Å². The van der Waals surface area contributed by atoms with E-state index in [1.54, 1.807) is 12.3 Å². The van der Waals surface area contributed by atoms with Gasteiger partial charge in [0.25, 0.3) is 5.91 Å². The van der Waals surface area contributed by atoms with Crippen LogP contribution in [0.15, 0.2) is 42.6 Å². The fourth-order valence-electron chi connectivity index (χ4n) is 3.52. The van der Waals surface area contributed by atoms with Crippen molar-refractivity contribution < 1.29 is 13.9 Å². The first-order chi connectivity index (χ1) is 13.2. The van der Waals surface area contributed by atoms with Gasteiger partial charge in [0, 0.05) is 56.7 Å². The molecule has 0 radical (unpaired) electrons. The lowest BCUT2D eigenvalue weighted by molar-refractivity contribution is 0.0303. The molecule has 0 aliphatic carbocycles. The molecule has 0 atom stereocenters. The predicted molar refractivity (Wildman–Crippen MR) is 102 cm³/mol. The van der Waals surface area contributed by atoms with Crippen molar-refractivity contribution in [3.05, 3.63) is 54.0 Å². The number of hydrogen-bond donors (Lipinski definition) is 0. The number of rotatable bonds is 3. The Bertz CT molecular complexity index is 785. The number of aromatic nitrogens is 1. The van der Waals surface area contributed by atoms with Gasteiger partial charge >= 0.3 is 0 Å². The van der Waals surface area contributed by atoms with Gasteiger partial charge in [-0.15, -0.1) is 0 Å². The van der Waals surface area contributed by atoms with Crippen molar-refractivity contribution in [1.29, 1.82) is 0 Å². The first-order valence-electron chi connectivity index (χ1n) is 9.29. The van der Waals surface area contributed by atoms with Crippen molar-refractivity contribution in [2.45, 2.75) is 0 Å². The minimum Gasteiger partial charge on any atom is -0.378 e. The highest BCUT2D eigenvalue weighted by Gasteiger charge is 2.22. The van der Waals surface area contributed by atoms with Gasteiger partial charge in [-0.05, 0) is 36.4 Å². The lowest BCUT2D eigenvalue weighted by Gasteiger charge is -2.37. The first kappa shape index (κ1) is 17.7. The third-order valence-electron chi connectivity index (χ3n) is 5.09. The maximum absolute atomic E-state index is 13.1. The molecule has 4 rings (SSSR count). The van der Waals surface area contributed by atoms with Crippen molar-refractivity contribution in [3.8, 4) is 0 Å². The molecule has 2 aliphatic heterocycles. The standard InChI is InChI=1S/C20H23FN4O2/c21-17-1-3-18(4-2-17)23-7-9-24(10-8-23)19-15-16(5-6-22-19)20(26)25-11-13-27-14-12-25/h1-6,15H,7-14H2. The molecule has 142 valence electrons. The Balaban J connectivity index is 1.41. The molecule has 27 heavy (non-hydrogen) atoms. The largest absolute Gasteiger partial charge is 0.378 e. The van der Waals surface area contributed by atoms with Crippen LogP contribution < -0.4 is 9.80 Å². The Kier molecular flexibility index (Phi) is 5.20. The average Bonchev–Trinajstić information content (AvgIpc) is 2.75. The zero-order chi connectivity index (χ0) is 18.6. The molecule has 0 N–H and O–H groups in total. The number of carbonyl (C=O) groups is 1. The number of anilines is 2.